The maximum Gasteiger partial charge on any atom is 0.159 e. The zero-order valence-corrected chi connectivity index (χ0v) is 48.4. The maximum absolute atomic E-state index is 6.71. The highest BCUT2D eigenvalue weighted by Gasteiger charge is 2.49. The smallest absolute Gasteiger partial charge is 0.159 e. The molecule has 0 saturated carbocycles. The second-order valence-corrected chi connectivity index (χ2v) is 23.4. The molecule has 1 aliphatic rings. The summed E-state index contributed by atoms with van der Waals surface area (Å²) in [5, 5.41) is 11.7. The highest BCUT2D eigenvalue weighted by Crippen LogP contribution is 2.62. The van der Waals surface area contributed by atoms with Crippen molar-refractivity contribution in [1.82, 2.24) is 0 Å². The molecule has 0 spiro atoms. The van der Waals surface area contributed by atoms with Crippen LogP contribution in [0.5, 0.6) is 0 Å². The van der Waals surface area contributed by atoms with Gasteiger partial charge in [0.2, 0.25) is 0 Å². The first kappa shape index (κ1) is 50.6. The molecular formula is C85H54N2O2. The molecule has 2 heterocycles. The molecule has 0 N–H and O–H groups in total. The van der Waals surface area contributed by atoms with Crippen LogP contribution in [0.15, 0.2) is 336 Å². The summed E-state index contributed by atoms with van der Waals surface area (Å²) >= 11 is 0. The monoisotopic (exact) mass is 1130 g/mol. The predicted molar refractivity (Wildman–Crippen MR) is 371 cm³/mol. The van der Waals surface area contributed by atoms with Gasteiger partial charge in [0.15, 0.2) is 11.2 Å². The Labute approximate surface area is 514 Å². The largest absolute Gasteiger partial charge is 0.454 e. The van der Waals surface area contributed by atoms with Crippen molar-refractivity contribution in [3.63, 3.8) is 0 Å². The molecule has 0 aliphatic heterocycles. The van der Waals surface area contributed by atoms with Crippen molar-refractivity contribution >= 4 is 110 Å². The summed E-state index contributed by atoms with van der Waals surface area (Å²) in [6.07, 6.45) is 0. The van der Waals surface area contributed by atoms with Crippen molar-refractivity contribution in [3.8, 4) is 33.4 Å². The molecular weight excluding hydrogens is 1080 g/mol. The number of fused-ring (bicyclic) bond motifs is 16. The zero-order chi connectivity index (χ0) is 58.6. The third kappa shape index (κ3) is 7.80. The highest BCUT2D eigenvalue weighted by molar-refractivity contribution is 6.21. The number of rotatable bonds is 10. The lowest BCUT2D eigenvalue weighted by atomic mass is 9.65. The van der Waals surface area contributed by atoms with Crippen LogP contribution < -0.4 is 9.80 Å². The lowest BCUT2D eigenvalue weighted by Crippen LogP contribution is -2.29. The molecule has 0 saturated heterocycles. The number of hydrogen-bond acceptors (Lipinski definition) is 4. The maximum atomic E-state index is 6.71. The number of hydrogen-bond donors (Lipinski definition) is 0. The van der Waals surface area contributed by atoms with E-state index in [-0.39, 0.29) is 0 Å². The van der Waals surface area contributed by atoms with E-state index < -0.39 is 5.41 Å². The molecule has 18 rings (SSSR count). The van der Waals surface area contributed by atoms with Gasteiger partial charge < -0.3 is 18.6 Å². The first-order valence-corrected chi connectivity index (χ1v) is 30.6. The van der Waals surface area contributed by atoms with E-state index in [1.165, 1.54) is 65.7 Å². The van der Waals surface area contributed by atoms with Crippen LogP contribution >= 0.6 is 0 Å². The summed E-state index contributed by atoms with van der Waals surface area (Å²) in [6.45, 7) is 0. The minimum atomic E-state index is -0.709. The molecule has 0 atom stereocenters. The van der Waals surface area contributed by atoms with Gasteiger partial charge in [-0.15, -0.1) is 0 Å². The van der Waals surface area contributed by atoms with Crippen LogP contribution in [-0.2, 0) is 5.41 Å². The Morgan fingerprint density at radius 3 is 1.22 bits per heavy atom. The van der Waals surface area contributed by atoms with Crippen LogP contribution in [0, 0.1) is 0 Å². The van der Waals surface area contributed by atoms with Gasteiger partial charge in [-0.25, -0.2) is 0 Å². The average Bonchev–Trinajstić information content (AvgIpc) is 1.53. The Kier molecular flexibility index (Phi) is 11.5. The second kappa shape index (κ2) is 20.2. The first-order valence-electron chi connectivity index (χ1n) is 30.6. The summed E-state index contributed by atoms with van der Waals surface area (Å²) in [5.74, 6) is 0. The van der Waals surface area contributed by atoms with Gasteiger partial charge >= 0.3 is 0 Å². The number of para-hydroxylation sites is 6. The number of anilines is 6. The van der Waals surface area contributed by atoms with Crippen LogP contribution in [0.1, 0.15) is 22.3 Å². The third-order valence-electron chi connectivity index (χ3n) is 18.6. The Morgan fingerprint density at radius 2 is 0.674 bits per heavy atom. The van der Waals surface area contributed by atoms with Crippen LogP contribution in [0.25, 0.3) is 110 Å². The first-order chi connectivity index (χ1) is 44.2. The van der Waals surface area contributed by atoms with E-state index in [4.69, 9.17) is 8.83 Å². The fraction of sp³-hybridized carbons (Fsp3) is 0.0118. The molecule has 0 amide bonds. The highest BCUT2D eigenvalue weighted by atomic mass is 16.3. The number of nitrogens with zero attached hydrogens (tertiary/aromatic N) is 2. The van der Waals surface area contributed by atoms with Gasteiger partial charge in [0, 0.05) is 44.3 Å². The van der Waals surface area contributed by atoms with Crippen molar-refractivity contribution < 1.29 is 8.83 Å². The molecule has 0 radical (unpaired) electrons. The Bertz CT molecular complexity index is 5590. The van der Waals surface area contributed by atoms with Gasteiger partial charge in [0.1, 0.15) is 11.2 Å². The second-order valence-electron chi connectivity index (χ2n) is 23.4. The van der Waals surface area contributed by atoms with Gasteiger partial charge in [-0.2, -0.15) is 0 Å². The Hall–Kier alpha value is -11.7. The van der Waals surface area contributed by atoms with Crippen LogP contribution in [0.4, 0.5) is 34.1 Å². The van der Waals surface area contributed by atoms with E-state index in [9.17, 15) is 0 Å². The van der Waals surface area contributed by atoms with Gasteiger partial charge in [-0.3, -0.25) is 0 Å². The molecule has 4 heteroatoms. The SMILES string of the molecule is c1ccc(N(c2cccc(-c3ccc4c5c(ccc4c3)-c3c(c4ccc(-c6cccc(N(c7ccccc7)c7cccc8c7oc7ccccc78)c6)cc4c4ccccc34)C5(c3ccccc3)c3ccccc3)c2)c2cccc3c2oc2ccccc23)cc1. The lowest BCUT2D eigenvalue weighted by molar-refractivity contribution is 0.668. The molecule has 1 aliphatic carbocycles. The topological polar surface area (TPSA) is 32.8 Å². The van der Waals surface area contributed by atoms with E-state index in [1.807, 2.05) is 12.1 Å². The summed E-state index contributed by atoms with van der Waals surface area (Å²) in [5.41, 5.74) is 21.0. The zero-order valence-electron chi connectivity index (χ0n) is 48.4. The summed E-state index contributed by atoms with van der Waals surface area (Å²) in [6, 6.07) is 119. The van der Waals surface area contributed by atoms with Crippen molar-refractivity contribution in [1.29, 1.82) is 0 Å². The fourth-order valence-corrected chi connectivity index (χ4v) is 14.9. The van der Waals surface area contributed by atoms with Gasteiger partial charge in [-0.05, 0) is 173 Å². The third-order valence-corrected chi connectivity index (χ3v) is 18.6. The van der Waals surface area contributed by atoms with Crippen molar-refractivity contribution in [2.24, 2.45) is 0 Å². The molecule has 4 nitrogen and oxygen atoms in total. The van der Waals surface area contributed by atoms with Crippen molar-refractivity contribution in [2.45, 2.75) is 5.41 Å². The minimum absolute atomic E-state index is 0.709. The molecule has 89 heavy (non-hydrogen) atoms. The molecule has 0 unspecified atom stereocenters. The standard InChI is InChI=1S/C85H54N2O2/c1-5-25-60(26-6-1)85(61-27-7-2-8-28-61)81-66-48-45-57(55-23-19-33-64(52-55)86(62-29-9-3-10-30-62)76-41-21-39-72-68-36-15-17-43-78(68)88-83(72)76)51-59(66)47-50-74(81)80-70-38-14-13-35-67(70)75-54-58(46-49-71(75)82(80)85)56-24-20-34-65(53-56)87(63-31-11-4-12-32-63)77-42-22-40-73-69-37-16-18-44-79(69)89-84(73)77/h1-54H. The van der Waals surface area contributed by atoms with E-state index in [0.717, 1.165) is 100 Å². The Morgan fingerprint density at radius 1 is 0.247 bits per heavy atom. The molecule has 17 aromatic rings. The summed E-state index contributed by atoms with van der Waals surface area (Å²) < 4.78 is 13.4. The molecule has 0 bridgehead atoms. The summed E-state index contributed by atoms with van der Waals surface area (Å²) in [7, 11) is 0. The van der Waals surface area contributed by atoms with E-state index in [1.54, 1.807) is 0 Å². The number of benzene rings is 15. The molecule has 15 aromatic carbocycles. The quantitative estimate of drug-likeness (QED) is 0.128. The Balaban J connectivity index is 0.815. The van der Waals surface area contributed by atoms with Gasteiger partial charge in [0.05, 0.1) is 16.8 Å². The van der Waals surface area contributed by atoms with Gasteiger partial charge in [-0.1, -0.05) is 243 Å². The van der Waals surface area contributed by atoms with E-state index >= 15 is 0 Å². The average molecular weight is 1140 g/mol. The van der Waals surface area contributed by atoms with Gasteiger partial charge in [0.25, 0.3) is 0 Å². The van der Waals surface area contributed by atoms with E-state index in [0.29, 0.717) is 0 Å². The minimum Gasteiger partial charge on any atom is -0.454 e. The van der Waals surface area contributed by atoms with Crippen molar-refractivity contribution in [2.75, 3.05) is 9.80 Å². The van der Waals surface area contributed by atoms with Crippen LogP contribution in [-0.4, -0.2) is 0 Å². The number of furan rings is 2. The van der Waals surface area contributed by atoms with Crippen LogP contribution in [0.2, 0.25) is 0 Å². The normalized spacial score (nSPS) is 12.6. The lowest BCUT2D eigenvalue weighted by Gasteiger charge is -2.35. The predicted octanol–water partition coefficient (Wildman–Crippen LogP) is 23.6. The fourth-order valence-electron chi connectivity index (χ4n) is 14.9. The molecule has 416 valence electrons. The van der Waals surface area contributed by atoms with Crippen molar-refractivity contribution in [3.05, 3.63) is 350 Å². The van der Waals surface area contributed by atoms with E-state index in [2.05, 4.69) is 325 Å². The molecule has 2 aromatic heterocycles. The van der Waals surface area contributed by atoms with Crippen LogP contribution in [0.3, 0.4) is 0 Å². The molecule has 0 fully saturated rings. The summed E-state index contributed by atoms with van der Waals surface area (Å²) in [4.78, 5) is 4.66.